The van der Waals surface area contributed by atoms with Crippen molar-refractivity contribution in [1.29, 1.82) is 0 Å². The molecule has 4 N–H and O–H groups in total. The second kappa shape index (κ2) is 10.2. The minimum atomic E-state index is -0.417. The van der Waals surface area contributed by atoms with E-state index in [4.69, 9.17) is 10.5 Å². The summed E-state index contributed by atoms with van der Waals surface area (Å²) in [4.78, 5) is 14.6. The van der Waals surface area contributed by atoms with Gasteiger partial charge in [0.25, 0.3) is 5.91 Å². The van der Waals surface area contributed by atoms with Gasteiger partial charge in [-0.15, -0.1) is 24.8 Å². The SMILES string of the molecule is Cl.Cl.NC[C@H]1CC[C@@H](C(=O)Nc2ccccc2N2CCC(O)CC2)O1. The number of hydrogen-bond acceptors (Lipinski definition) is 5. The fraction of sp³-hybridized carbons (Fsp3) is 0.588. The predicted molar refractivity (Wildman–Crippen MR) is 104 cm³/mol. The zero-order valence-electron chi connectivity index (χ0n) is 14.1. The van der Waals surface area contributed by atoms with Gasteiger partial charge >= 0.3 is 0 Å². The molecule has 2 aliphatic heterocycles. The first-order valence-electron chi connectivity index (χ1n) is 8.36. The summed E-state index contributed by atoms with van der Waals surface area (Å²) in [5.74, 6) is -0.106. The molecule has 1 amide bonds. The number of nitrogens with zero attached hydrogens (tertiary/aromatic N) is 1. The number of hydrogen-bond donors (Lipinski definition) is 3. The van der Waals surface area contributed by atoms with Gasteiger partial charge in [0.05, 0.1) is 23.6 Å². The summed E-state index contributed by atoms with van der Waals surface area (Å²) in [5, 5.41) is 12.7. The summed E-state index contributed by atoms with van der Waals surface area (Å²) in [5.41, 5.74) is 7.40. The zero-order valence-corrected chi connectivity index (χ0v) is 15.7. The van der Waals surface area contributed by atoms with Crippen molar-refractivity contribution in [3.05, 3.63) is 24.3 Å². The number of para-hydroxylation sites is 2. The number of halogens is 2. The van der Waals surface area contributed by atoms with E-state index in [1.54, 1.807) is 0 Å². The Balaban J connectivity index is 0.00000156. The van der Waals surface area contributed by atoms with Gasteiger partial charge in [0.1, 0.15) is 6.10 Å². The van der Waals surface area contributed by atoms with Crippen LogP contribution in [-0.2, 0) is 9.53 Å². The number of ether oxygens (including phenoxy) is 1. The van der Waals surface area contributed by atoms with Gasteiger partial charge in [-0.25, -0.2) is 0 Å². The number of rotatable bonds is 4. The quantitative estimate of drug-likeness (QED) is 0.729. The Kier molecular flexibility index (Phi) is 8.96. The van der Waals surface area contributed by atoms with Crippen molar-refractivity contribution in [1.82, 2.24) is 0 Å². The second-order valence-corrected chi connectivity index (χ2v) is 6.28. The Hall–Kier alpha value is -1.05. The summed E-state index contributed by atoms with van der Waals surface area (Å²) in [7, 11) is 0. The molecule has 1 aromatic carbocycles. The number of carbonyl (C=O) groups excluding carboxylic acids is 1. The van der Waals surface area contributed by atoms with Gasteiger partial charge in [0.2, 0.25) is 0 Å². The molecule has 0 saturated carbocycles. The number of aliphatic hydroxyl groups is 1. The van der Waals surface area contributed by atoms with Crippen molar-refractivity contribution in [3.8, 4) is 0 Å². The molecule has 0 bridgehead atoms. The first-order chi connectivity index (χ1) is 11.2. The number of nitrogens with one attached hydrogen (secondary N) is 1. The molecular weight excluding hydrogens is 365 g/mol. The molecule has 8 heteroatoms. The maximum atomic E-state index is 12.4. The summed E-state index contributed by atoms with van der Waals surface area (Å²) in [6, 6.07) is 7.79. The van der Waals surface area contributed by atoms with Gasteiger partial charge < -0.3 is 25.8 Å². The molecule has 0 aliphatic carbocycles. The minimum Gasteiger partial charge on any atom is -0.393 e. The highest BCUT2D eigenvalue weighted by Crippen LogP contribution is 2.29. The topological polar surface area (TPSA) is 87.8 Å². The molecule has 2 saturated heterocycles. The molecule has 2 aliphatic rings. The number of aliphatic hydroxyl groups excluding tert-OH is 1. The van der Waals surface area contributed by atoms with Crippen LogP contribution >= 0.6 is 24.8 Å². The standard InChI is InChI=1S/C17H25N3O3.2ClH/c18-11-13-5-6-16(23-13)17(22)19-14-3-1-2-4-15(14)20-9-7-12(21)8-10-20;;/h1-4,12-13,16,21H,5-11,18H2,(H,19,22);2*1H/t13-,16+;;/m1../s1. The Morgan fingerprint density at radius 3 is 2.52 bits per heavy atom. The predicted octanol–water partition coefficient (Wildman–Crippen LogP) is 1.94. The van der Waals surface area contributed by atoms with Crippen molar-refractivity contribution in [2.24, 2.45) is 5.73 Å². The number of nitrogens with two attached hydrogens (primary N) is 1. The highest BCUT2D eigenvalue weighted by molar-refractivity contribution is 5.97. The Bertz CT molecular complexity index is 554. The first-order valence-corrected chi connectivity index (χ1v) is 8.36. The van der Waals surface area contributed by atoms with E-state index in [9.17, 15) is 9.90 Å². The van der Waals surface area contributed by atoms with Crippen molar-refractivity contribution in [3.63, 3.8) is 0 Å². The lowest BCUT2D eigenvalue weighted by Gasteiger charge is -2.33. The van der Waals surface area contributed by atoms with Crippen LogP contribution in [0.3, 0.4) is 0 Å². The largest absolute Gasteiger partial charge is 0.393 e. The minimum absolute atomic E-state index is 0. The molecule has 2 fully saturated rings. The monoisotopic (exact) mass is 391 g/mol. The van der Waals surface area contributed by atoms with E-state index in [1.807, 2.05) is 24.3 Å². The van der Waals surface area contributed by atoms with E-state index in [-0.39, 0.29) is 42.9 Å². The summed E-state index contributed by atoms with van der Waals surface area (Å²) in [6.45, 7) is 2.04. The molecule has 1 aromatic rings. The molecule has 2 heterocycles. The van der Waals surface area contributed by atoms with Crippen molar-refractivity contribution < 1.29 is 14.6 Å². The molecular formula is C17H27Cl2N3O3. The average Bonchev–Trinajstić information content (AvgIpc) is 3.05. The van der Waals surface area contributed by atoms with Crippen LogP contribution in [0.15, 0.2) is 24.3 Å². The van der Waals surface area contributed by atoms with Gasteiger partial charge in [0.15, 0.2) is 0 Å². The van der Waals surface area contributed by atoms with E-state index < -0.39 is 6.10 Å². The molecule has 2 atom stereocenters. The van der Waals surface area contributed by atoms with Crippen molar-refractivity contribution >= 4 is 42.1 Å². The fourth-order valence-corrected chi connectivity index (χ4v) is 3.25. The van der Waals surface area contributed by atoms with Gasteiger partial charge in [-0.05, 0) is 37.8 Å². The van der Waals surface area contributed by atoms with Crippen LogP contribution in [0, 0.1) is 0 Å². The van der Waals surface area contributed by atoms with Gasteiger partial charge in [-0.3, -0.25) is 4.79 Å². The fourth-order valence-electron chi connectivity index (χ4n) is 3.25. The molecule has 0 spiro atoms. The third-order valence-corrected chi connectivity index (χ3v) is 4.63. The van der Waals surface area contributed by atoms with Crippen LogP contribution in [0.1, 0.15) is 25.7 Å². The highest BCUT2D eigenvalue weighted by Gasteiger charge is 2.30. The van der Waals surface area contributed by atoms with Crippen molar-refractivity contribution in [2.75, 3.05) is 29.9 Å². The normalized spacial score (nSPS) is 23.5. The maximum Gasteiger partial charge on any atom is 0.253 e. The molecule has 3 rings (SSSR count). The lowest BCUT2D eigenvalue weighted by atomic mass is 10.1. The first kappa shape index (κ1) is 22.0. The second-order valence-electron chi connectivity index (χ2n) is 6.28. The van der Waals surface area contributed by atoms with E-state index in [1.165, 1.54) is 0 Å². The smallest absolute Gasteiger partial charge is 0.253 e. The van der Waals surface area contributed by atoms with Crippen LogP contribution in [0.4, 0.5) is 11.4 Å². The van der Waals surface area contributed by atoms with Gasteiger partial charge in [-0.2, -0.15) is 0 Å². The van der Waals surface area contributed by atoms with Crippen LogP contribution in [0.5, 0.6) is 0 Å². The lowest BCUT2D eigenvalue weighted by Crippen LogP contribution is -2.37. The van der Waals surface area contributed by atoms with Crippen LogP contribution < -0.4 is 16.0 Å². The lowest BCUT2D eigenvalue weighted by molar-refractivity contribution is -0.126. The summed E-state index contributed by atoms with van der Waals surface area (Å²) >= 11 is 0. The number of amides is 1. The molecule has 142 valence electrons. The van der Waals surface area contributed by atoms with Crippen LogP contribution in [0.2, 0.25) is 0 Å². The van der Waals surface area contributed by atoms with E-state index >= 15 is 0 Å². The average molecular weight is 392 g/mol. The Morgan fingerprint density at radius 2 is 1.88 bits per heavy atom. The molecule has 0 radical (unpaired) electrons. The van der Waals surface area contributed by atoms with E-state index in [0.717, 1.165) is 43.7 Å². The number of piperidine rings is 1. The number of carbonyl (C=O) groups is 1. The zero-order chi connectivity index (χ0) is 16.2. The molecule has 0 aromatic heterocycles. The Labute approximate surface area is 160 Å². The van der Waals surface area contributed by atoms with E-state index in [2.05, 4.69) is 10.2 Å². The highest BCUT2D eigenvalue weighted by atomic mass is 35.5. The van der Waals surface area contributed by atoms with E-state index in [0.29, 0.717) is 13.0 Å². The van der Waals surface area contributed by atoms with Crippen molar-refractivity contribution in [2.45, 2.75) is 44.0 Å². The summed E-state index contributed by atoms with van der Waals surface area (Å²) < 4.78 is 5.66. The number of anilines is 2. The maximum absolute atomic E-state index is 12.4. The third-order valence-electron chi connectivity index (χ3n) is 4.63. The molecule has 6 nitrogen and oxygen atoms in total. The molecule has 25 heavy (non-hydrogen) atoms. The van der Waals surface area contributed by atoms with Gasteiger partial charge in [0, 0.05) is 19.6 Å². The van der Waals surface area contributed by atoms with Crippen LogP contribution in [-0.4, -0.2) is 49.0 Å². The Morgan fingerprint density at radius 1 is 1.20 bits per heavy atom. The third kappa shape index (κ3) is 5.46. The number of benzene rings is 1. The molecule has 0 unspecified atom stereocenters. The van der Waals surface area contributed by atoms with Gasteiger partial charge in [-0.1, -0.05) is 12.1 Å². The van der Waals surface area contributed by atoms with Crippen LogP contribution in [0.25, 0.3) is 0 Å². The summed E-state index contributed by atoms with van der Waals surface area (Å²) in [6.07, 6.45) is 2.42.